The van der Waals surface area contributed by atoms with Gasteiger partial charge in [0.2, 0.25) is 5.95 Å². The molecular formula is C21H22F2N8O. The molecule has 2 aliphatic heterocycles. The third kappa shape index (κ3) is 3.57. The maximum absolute atomic E-state index is 13.7. The van der Waals surface area contributed by atoms with Crippen molar-refractivity contribution in [2.24, 2.45) is 5.92 Å². The first-order chi connectivity index (χ1) is 15.3. The van der Waals surface area contributed by atoms with E-state index in [-0.39, 0.29) is 23.6 Å². The van der Waals surface area contributed by atoms with Crippen molar-refractivity contribution in [2.75, 3.05) is 24.5 Å². The number of pyridine rings is 1. The fourth-order valence-electron chi connectivity index (χ4n) is 4.32. The molecule has 5 heterocycles. The van der Waals surface area contributed by atoms with Crippen molar-refractivity contribution >= 4 is 11.9 Å². The molecule has 32 heavy (non-hydrogen) atoms. The SMILES string of the molecule is Cc1ccc(C(=O)N2C[C@H]3CCN(c4nccc(C(C)(F)F)n4)C[C@H]32)c(-n2ccnn2)n1. The van der Waals surface area contributed by atoms with Gasteiger partial charge < -0.3 is 9.80 Å². The molecule has 5 rings (SSSR count). The lowest BCUT2D eigenvalue weighted by molar-refractivity contribution is 0.00725. The fraction of sp³-hybridized carbons (Fsp3) is 0.429. The zero-order valence-electron chi connectivity index (χ0n) is 17.7. The Hall–Kier alpha value is -3.50. The van der Waals surface area contributed by atoms with Crippen LogP contribution >= 0.6 is 0 Å². The highest BCUT2D eigenvalue weighted by Gasteiger charge is 2.46. The summed E-state index contributed by atoms with van der Waals surface area (Å²) in [6.45, 7) is 4.47. The maximum atomic E-state index is 13.7. The molecule has 0 N–H and O–H groups in total. The highest BCUT2D eigenvalue weighted by Crippen LogP contribution is 2.35. The summed E-state index contributed by atoms with van der Waals surface area (Å²) in [5.74, 6) is -2.11. The molecule has 0 spiro atoms. The van der Waals surface area contributed by atoms with E-state index in [0.29, 0.717) is 36.9 Å². The second kappa shape index (κ2) is 7.57. The second-order valence-corrected chi connectivity index (χ2v) is 8.32. The van der Waals surface area contributed by atoms with E-state index in [1.807, 2.05) is 16.7 Å². The molecular weight excluding hydrogens is 418 g/mol. The first kappa shape index (κ1) is 20.4. The molecule has 0 radical (unpaired) electrons. The van der Waals surface area contributed by atoms with Gasteiger partial charge in [0.25, 0.3) is 11.8 Å². The monoisotopic (exact) mass is 440 g/mol. The molecule has 0 saturated carbocycles. The topological polar surface area (TPSA) is 92.9 Å². The summed E-state index contributed by atoms with van der Waals surface area (Å²) in [6, 6.07) is 4.73. The normalized spacial score (nSPS) is 20.6. The number of likely N-dealkylation sites (tertiary alicyclic amines) is 1. The van der Waals surface area contributed by atoms with E-state index in [1.54, 1.807) is 18.3 Å². The molecule has 3 aromatic heterocycles. The zero-order chi connectivity index (χ0) is 22.5. The Bertz CT molecular complexity index is 1150. The van der Waals surface area contributed by atoms with Gasteiger partial charge in [-0.05, 0) is 31.5 Å². The number of carbonyl (C=O) groups excluding carboxylic acids is 1. The summed E-state index contributed by atoms with van der Waals surface area (Å²) in [5, 5.41) is 7.80. The third-order valence-corrected chi connectivity index (χ3v) is 6.07. The molecule has 11 heteroatoms. The van der Waals surface area contributed by atoms with Crippen LogP contribution in [0.5, 0.6) is 0 Å². The van der Waals surface area contributed by atoms with Gasteiger partial charge in [-0.3, -0.25) is 4.79 Å². The predicted octanol–water partition coefficient (Wildman–Crippen LogP) is 2.22. The highest BCUT2D eigenvalue weighted by atomic mass is 19.3. The summed E-state index contributed by atoms with van der Waals surface area (Å²) in [7, 11) is 0. The Balaban J connectivity index is 1.38. The van der Waals surface area contributed by atoms with Crippen LogP contribution in [0, 0.1) is 12.8 Å². The first-order valence-electron chi connectivity index (χ1n) is 10.4. The van der Waals surface area contributed by atoms with E-state index >= 15 is 0 Å². The van der Waals surface area contributed by atoms with Gasteiger partial charge in [-0.25, -0.2) is 19.6 Å². The third-order valence-electron chi connectivity index (χ3n) is 6.07. The van der Waals surface area contributed by atoms with Crippen LogP contribution in [-0.2, 0) is 5.92 Å². The summed E-state index contributed by atoms with van der Waals surface area (Å²) in [4.78, 5) is 29.9. The lowest BCUT2D eigenvalue weighted by atomic mass is 9.82. The van der Waals surface area contributed by atoms with E-state index in [9.17, 15) is 13.6 Å². The molecule has 2 saturated heterocycles. The van der Waals surface area contributed by atoms with Gasteiger partial charge in [0, 0.05) is 44.4 Å². The fourth-order valence-corrected chi connectivity index (χ4v) is 4.32. The summed E-state index contributed by atoms with van der Waals surface area (Å²) >= 11 is 0. The van der Waals surface area contributed by atoms with Crippen molar-refractivity contribution in [2.45, 2.75) is 32.2 Å². The van der Waals surface area contributed by atoms with E-state index in [4.69, 9.17) is 0 Å². The number of rotatable bonds is 4. The van der Waals surface area contributed by atoms with Gasteiger partial charge in [0.15, 0.2) is 5.82 Å². The number of nitrogens with zero attached hydrogens (tertiary/aromatic N) is 8. The van der Waals surface area contributed by atoms with Crippen molar-refractivity contribution in [3.8, 4) is 5.82 Å². The highest BCUT2D eigenvalue weighted by molar-refractivity contribution is 5.98. The molecule has 2 aliphatic rings. The van der Waals surface area contributed by atoms with Crippen molar-refractivity contribution in [3.63, 3.8) is 0 Å². The number of piperidine rings is 1. The molecule has 2 atom stereocenters. The van der Waals surface area contributed by atoms with Crippen molar-refractivity contribution in [3.05, 3.63) is 53.7 Å². The summed E-state index contributed by atoms with van der Waals surface area (Å²) < 4.78 is 28.9. The summed E-state index contributed by atoms with van der Waals surface area (Å²) in [6.07, 6.45) is 5.37. The number of carbonyl (C=O) groups is 1. The number of alkyl halides is 2. The van der Waals surface area contributed by atoms with Crippen LogP contribution in [0.25, 0.3) is 5.82 Å². The van der Waals surface area contributed by atoms with Crippen molar-refractivity contribution in [1.29, 1.82) is 0 Å². The van der Waals surface area contributed by atoms with Crippen LogP contribution < -0.4 is 4.90 Å². The van der Waals surface area contributed by atoms with E-state index in [2.05, 4.69) is 25.3 Å². The Labute approximate surface area is 183 Å². The van der Waals surface area contributed by atoms with Crippen molar-refractivity contribution in [1.82, 2.24) is 34.8 Å². The first-order valence-corrected chi connectivity index (χ1v) is 10.4. The number of fused-ring (bicyclic) bond motifs is 1. The maximum Gasteiger partial charge on any atom is 0.287 e. The van der Waals surface area contributed by atoms with E-state index < -0.39 is 5.92 Å². The minimum absolute atomic E-state index is 0.0458. The van der Waals surface area contributed by atoms with Gasteiger partial charge in [-0.1, -0.05) is 5.21 Å². The molecule has 0 unspecified atom stereocenters. The van der Waals surface area contributed by atoms with Crippen LogP contribution in [0.4, 0.5) is 14.7 Å². The lowest BCUT2D eigenvalue weighted by Crippen LogP contribution is -2.66. The average molecular weight is 440 g/mol. The molecule has 0 bridgehead atoms. The van der Waals surface area contributed by atoms with E-state index in [1.165, 1.54) is 23.1 Å². The molecule has 3 aromatic rings. The number of aryl methyl sites for hydroxylation is 1. The Kier molecular flexibility index (Phi) is 4.83. The molecule has 9 nitrogen and oxygen atoms in total. The average Bonchev–Trinajstić information content (AvgIpc) is 3.29. The minimum atomic E-state index is -3.04. The predicted molar refractivity (Wildman–Crippen MR) is 111 cm³/mol. The number of hydrogen-bond acceptors (Lipinski definition) is 7. The minimum Gasteiger partial charge on any atom is -0.339 e. The Morgan fingerprint density at radius 3 is 2.75 bits per heavy atom. The molecule has 2 fully saturated rings. The Morgan fingerprint density at radius 2 is 2.00 bits per heavy atom. The van der Waals surface area contributed by atoms with Crippen LogP contribution in [0.1, 0.15) is 35.1 Å². The number of hydrogen-bond donors (Lipinski definition) is 0. The molecule has 0 aromatic carbocycles. The number of aromatic nitrogens is 6. The van der Waals surface area contributed by atoms with Crippen LogP contribution in [0.2, 0.25) is 0 Å². The van der Waals surface area contributed by atoms with E-state index in [0.717, 1.165) is 19.0 Å². The Morgan fingerprint density at radius 1 is 1.16 bits per heavy atom. The second-order valence-electron chi connectivity index (χ2n) is 8.32. The van der Waals surface area contributed by atoms with Crippen LogP contribution in [0.15, 0.2) is 36.8 Å². The molecule has 0 aliphatic carbocycles. The number of halogens is 2. The lowest BCUT2D eigenvalue weighted by Gasteiger charge is -2.53. The van der Waals surface area contributed by atoms with Crippen LogP contribution in [-0.4, -0.2) is 66.4 Å². The van der Waals surface area contributed by atoms with Gasteiger partial charge in [0.05, 0.1) is 24.0 Å². The number of anilines is 1. The quantitative estimate of drug-likeness (QED) is 0.614. The largest absolute Gasteiger partial charge is 0.339 e. The van der Waals surface area contributed by atoms with Gasteiger partial charge in [-0.15, -0.1) is 5.10 Å². The van der Waals surface area contributed by atoms with Gasteiger partial charge in [-0.2, -0.15) is 8.78 Å². The standard InChI is InChI=1S/C21H22F2N8O/c1-13-3-4-15(18(26-13)31-10-8-25-28-31)19(32)30-11-14-6-9-29(12-16(14)30)20-24-7-5-17(27-20)21(2,22)23/h3-5,7-8,10,14,16H,6,9,11-12H2,1-2H3/t14-,16-/m1/s1. The number of amides is 1. The smallest absolute Gasteiger partial charge is 0.287 e. The summed E-state index contributed by atoms with van der Waals surface area (Å²) in [5.41, 5.74) is 0.900. The molecule has 166 valence electrons. The van der Waals surface area contributed by atoms with Gasteiger partial charge >= 0.3 is 0 Å². The zero-order valence-corrected chi connectivity index (χ0v) is 17.7. The van der Waals surface area contributed by atoms with Crippen LogP contribution in [0.3, 0.4) is 0 Å². The van der Waals surface area contributed by atoms with Gasteiger partial charge in [0.1, 0.15) is 5.69 Å². The molecule has 1 amide bonds. The van der Waals surface area contributed by atoms with Crippen molar-refractivity contribution < 1.29 is 13.6 Å².